The standard InChI is InChI=1S/C26H26O2/c1-18(19-11-13-21(14-12-19)20-9-7-6-8-10-20)23-16-15-22(26(2,3)4)17-24(23)25(27)28-5/h6-17H,1H2,2-5H3. The van der Waals surface area contributed by atoms with Gasteiger partial charge in [0.25, 0.3) is 0 Å². The Morgan fingerprint density at radius 3 is 2.00 bits per heavy atom. The summed E-state index contributed by atoms with van der Waals surface area (Å²) in [6.45, 7) is 10.6. The molecule has 0 bridgehead atoms. The molecule has 0 amide bonds. The molecule has 0 saturated carbocycles. The van der Waals surface area contributed by atoms with Crippen molar-refractivity contribution in [3.05, 3.63) is 102 Å². The summed E-state index contributed by atoms with van der Waals surface area (Å²) < 4.78 is 5.03. The Kier molecular flexibility index (Phi) is 5.51. The maximum atomic E-state index is 12.4. The van der Waals surface area contributed by atoms with Crippen molar-refractivity contribution < 1.29 is 9.53 Å². The molecule has 0 heterocycles. The lowest BCUT2D eigenvalue weighted by Gasteiger charge is -2.21. The van der Waals surface area contributed by atoms with Gasteiger partial charge in [0.1, 0.15) is 0 Å². The summed E-state index contributed by atoms with van der Waals surface area (Å²) in [7, 11) is 1.41. The van der Waals surface area contributed by atoms with E-state index in [1.165, 1.54) is 12.7 Å². The summed E-state index contributed by atoms with van der Waals surface area (Å²) in [6, 6.07) is 24.4. The third kappa shape index (κ3) is 4.07. The lowest BCUT2D eigenvalue weighted by molar-refractivity contribution is 0.0600. The maximum absolute atomic E-state index is 12.4. The highest BCUT2D eigenvalue weighted by molar-refractivity contribution is 5.98. The van der Waals surface area contributed by atoms with Crippen molar-refractivity contribution in [3.63, 3.8) is 0 Å². The second-order valence-corrected chi connectivity index (χ2v) is 7.92. The number of rotatable bonds is 4. The minimum atomic E-state index is -0.344. The Balaban J connectivity index is 1.99. The first-order valence-electron chi connectivity index (χ1n) is 9.39. The number of benzene rings is 3. The predicted octanol–water partition coefficient (Wildman–Crippen LogP) is 6.50. The lowest BCUT2D eigenvalue weighted by Crippen LogP contribution is -2.14. The van der Waals surface area contributed by atoms with E-state index in [-0.39, 0.29) is 11.4 Å². The summed E-state index contributed by atoms with van der Waals surface area (Å²) >= 11 is 0. The van der Waals surface area contributed by atoms with Crippen LogP contribution in [0.4, 0.5) is 0 Å². The molecule has 0 unspecified atom stereocenters. The van der Waals surface area contributed by atoms with Crippen LogP contribution in [0.2, 0.25) is 0 Å². The fraction of sp³-hybridized carbons (Fsp3) is 0.192. The molecule has 0 aromatic heterocycles. The van der Waals surface area contributed by atoms with Crippen molar-refractivity contribution in [2.75, 3.05) is 7.11 Å². The minimum Gasteiger partial charge on any atom is -0.465 e. The van der Waals surface area contributed by atoms with E-state index in [4.69, 9.17) is 4.74 Å². The number of carbonyl (C=O) groups is 1. The van der Waals surface area contributed by atoms with E-state index in [9.17, 15) is 4.79 Å². The maximum Gasteiger partial charge on any atom is 0.338 e. The third-order valence-corrected chi connectivity index (χ3v) is 4.96. The molecule has 0 aliphatic rings. The van der Waals surface area contributed by atoms with Crippen LogP contribution in [0.5, 0.6) is 0 Å². The Morgan fingerprint density at radius 2 is 1.43 bits per heavy atom. The number of hydrogen-bond acceptors (Lipinski definition) is 2. The Labute approximate surface area is 167 Å². The van der Waals surface area contributed by atoms with Crippen LogP contribution in [0.3, 0.4) is 0 Å². The fourth-order valence-corrected chi connectivity index (χ4v) is 3.20. The zero-order chi connectivity index (χ0) is 20.3. The largest absolute Gasteiger partial charge is 0.465 e. The summed E-state index contributed by atoms with van der Waals surface area (Å²) in [5, 5.41) is 0. The van der Waals surface area contributed by atoms with Gasteiger partial charge in [-0.25, -0.2) is 4.79 Å². The molecular weight excluding hydrogens is 344 g/mol. The van der Waals surface area contributed by atoms with Crippen LogP contribution in [0, 0.1) is 0 Å². The van der Waals surface area contributed by atoms with Crippen molar-refractivity contribution in [3.8, 4) is 11.1 Å². The first kappa shape index (κ1) is 19.6. The molecule has 0 aliphatic carbocycles. The molecule has 0 atom stereocenters. The fourth-order valence-electron chi connectivity index (χ4n) is 3.20. The summed E-state index contributed by atoms with van der Waals surface area (Å²) in [5.74, 6) is -0.344. The van der Waals surface area contributed by atoms with Gasteiger partial charge < -0.3 is 4.74 Å². The molecular formula is C26H26O2. The third-order valence-electron chi connectivity index (χ3n) is 4.96. The average molecular weight is 370 g/mol. The van der Waals surface area contributed by atoms with Gasteiger partial charge in [-0.1, -0.05) is 94.1 Å². The van der Waals surface area contributed by atoms with Gasteiger partial charge in [-0.2, -0.15) is 0 Å². The Bertz CT molecular complexity index is 991. The highest BCUT2D eigenvalue weighted by Crippen LogP contribution is 2.31. The van der Waals surface area contributed by atoms with Crippen LogP contribution < -0.4 is 0 Å². The van der Waals surface area contributed by atoms with Crippen molar-refractivity contribution >= 4 is 11.5 Å². The van der Waals surface area contributed by atoms with Crippen LogP contribution in [0.15, 0.2) is 79.4 Å². The van der Waals surface area contributed by atoms with Crippen molar-refractivity contribution in [2.24, 2.45) is 0 Å². The number of esters is 1. The topological polar surface area (TPSA) is 26.3 Å². The molecule has 3 aromatic carbocycles. The molecule has 0 fully saturated rings. The van der Waals surface area contributed by atoms with Gasteiger partial charge in [0.05, 0.1) is 12.7 Å². The summed E-state index contributed by atoms with van der Waals surface area (Å²) in [4.78, 5) is 12.4. The van der Waals surface area contributed by atoms with Crippen LogP contribution in [-0.2, 0) is 10.2 Å². The second kappa shape index (κ2) is 7.85. The molecule has 28 heavy (non-hydrogen) atoms. The lowest BCUT2D eigenvalue weighted by atomic mass is 9.83. The highest BCUT2D eigenvalue weighted by Gasteiger charge is 2.20. The van der Waals surface area contributed by atoms with E-state index in [2.05, 4.69) is 57.7 Å². The van der Waals surface area contributed by atoms with Gasteiger partial charge in [0, 0.05) is 0 Å². The zero-order valence-corrected chi connectivity index (χ0v) is 17.0. The molecule has 3 aromatic rings. The average Bonchev–Trinajstić information content (AvgIpc) is 2.72. The molecule has 2 heteroatoms. The Morgan fingerprint density at radius 1 is 0.821 bits per heavy atom. The molecule has 0 N–H and O–H groups in total. The van der Waals surface area contributed by atoms with Crippen molar-refractivity contribution in [2.45, 2.75) is 26.2 Å². The number of hydrogen-bond donors (Lipinski definition) is 0. The van der Waals surface area contributed by atoms with Crippen LogP contribution in [0.1, 0.15) is 47.8 Å². The highest BCUT2D eigenvalue weighted by atomic mass is 16.5. The first-order chi connectivity index (χ1) is 13.3. The van der Waals surface area contributed by atoms with Gasteiger partial charge in [-0.05, 0) is 44.9 Å². The zero-order valence-electron chi connectivity index (χ0n) is 17.0. The van der Waals surface area contributed by atoms with Crippen LogP contribution in [0.25, 0.3) is 16.7 Å². The van der Waals surface area contributed by atoms with Gasteiger partial charge in [-0.3, -0.25) is 0 Å². The Hall–Kier alpha value is -3.13. The molecule has 2 nitrogen and oxygen atoms in total. The molecule has 142 valence electrons. The van der Waals surface area contributed by atoms with Gasteiger partial charge in [0.2, 0.25) is 0 Å². The van der Waals surface area contributed by atoms with E-state index < -0.39 is 0 Å². The van der Waals surface area contributed by atoms with E-state index in [1.807, 2.05) is 42.5 Å². The number of carbonyl (C=O) groups excluding carboxylic acids is 1. The van der Waals surface area contributed by atoms with Gasteiger partial charge >= 0.3 is 5.97 Å². The SMILES string of the molecule is C=C(c1ccc(-c2ccccc2)cc1)c1ccc(C(C)(C)C)cc1C(=O)OC. The summed E-state index contributed by atoms with van der Waals surface area (Å²) in [5.41, 5.74) is 6.48. The molecule has 0 aliphatic heterocycles. The van der Waals surface area contributed by atoms with Crippen molar-refractivity contribution in [1.82, 2.24) is 0 Å². The quantitative estimate of drug-likeness (QED) is 0.490. The van der Waals surface area contributed by atoms with Crippen LogP contribution >= 0.6 is 0 Å². The molecule has 0 saturated heterocycles. The summed E-state index contributed by atoms with van der Waals surface area (Å²) in [6.07, 6.45) is 0. The minimum absolute atomic E-state index is 0.0556. The van der Waals surface area contributed by atoms with E-state index in [0.29, 0.717) is 5.56 Å². The van der Waals surface area contributed by atoms with E-state index in [1.54, 1.807) is 0 Å². The van der Waals surface area contributed by atoms with Gasteiger partial charge in [-0.15, -0.1) is 0 Å². The van der Waals surface area contributed by atoms with Crippen molar-refractivity contribution in [1.29, 1.82) is 0 Å². The smallest absolute Gasteiger partial charge is 0.338 e. The number of ether oxygens (including phenoxy) is 1. The van der Waals surface area contributed by atoms with Gasteiger partial charge in [0.15, 0.2) is 0 Å². The first-order valence-corrected chi connectivity index (χ1v) is 9.39. The van der Waals surface area contributed by atoms with E-state index in [0.717, 1.165) is 27.8 Å². The number of methoxy groups -OCH3 is 1. The molecule has 0 spiro atoms. The van der Waals surface area contributed by atoms with E-state index >= 15 is 0 Å². The predicted molar refractivity (Wildman–Crippen MR) is 116 cm³/mol. The second-order valence-electron chi connectivity index (χ2n) is 7.92. The molecule has 0 radical (unpaired) electrons. The monoisotopic (exact) mass is 370 g/mol. The van der Waals surface area contributed by atoms with Crippen LogP contribution in [-0.4, -0.2) is 13.1 Å². The molecule has 3 rings (SSSR count). The normalized spacial score (nSPS) is 11.1.